The topological polar surface area (TPSA) is 20.3 Å². The van der Waals surface area contributed by atoms with Crippen LogP contribution in [-0.4, -0.2) is 12.5 Å². The largest absolute Gasteiger partial charge is 0.312 e. The molecule has 3 heteroatoms. The lowest BCUT2D eigenvalue weighted by Gasteiger charge is -2.23. The molecule has 0 heterocycles. The van der Waals surface area contributed by atoms with Crippen LogP contribution in [0.3, 0.4) is 0 Å². The number of carbonyl (C=O) groups excluding carboxylic acids is 1. The second kappa shape index (κ2) is 7.93. The number of unbranched alkanes of at least 4 members (excludes halogenated alkanes) is 1. The van der Waals surface area contributed by atoms with Crippen LogP contribution in [0.25, 0.3) is 0 Å². The highest BCUT2D eigenvalue weighted by molar-refractivity contribution is 5.93. The first-order valence-electron chi connectivity index (χ1n) is 7.22. The molecule has 0 aliphatic heterocycles. The zero-order valence-electron chi connectivity index (χ0n) is 12.2. The number of aryl methyl sites for hydroxylation is 1. The molecule has 0 bridgehead atoms. The smallest absolute Gasteiger partial charge is 0.226 e. The molecule has 0 saturated carbocycles. The third-order valence-electron chi connectivity index (χ3n) is 3.22. The van der Waals surface area contributed by atoms with Crippen LogP contribution in [0, 0.1) is 5.82 Å². The van der Waals surface area contributed by atoms with E-state index in [4.69, 9.17) is 0 Å². The quantitative estimate of drug-likeness (QED) is 0.719. The second-order valence-electron chi connectivity index (χ2n) is 4.78. The van der Waals surface area contributed by atoms with Gasteiger partial charge in [0.05, 0.1) is 0 Å². The molecule has 19 heavy (non-hydrogen) atoms. The fourth-order valence-electron chi connectivity index (χ4n) is 2.06. The number of hydrogen-bond donors (Lipinski definition) is 0. The van der Waals surface area contributed by atoms with Crippen LogP contribution in [0.1, 0.15) is 52.0 Å². The number of rotatable bonds is 7. The Labute approximate surface area is 115 Å². The van der Waals surface area contributed by atoms with Gasteiger partial charge in [-0.1, -0.05) is 27.2 Å². The summed E-state index contributed by atoms with van der Waals surface area (Å²) < 4.78 is 13.5. The minimum Gasteiger partial charge on any atom is -0.312 e. The van der Waals surface area contributed by atoms with Gasteiger partial charge in [-0.05, 0) is 43.0 Å². The summed E-state index contributed by atoms with van der Waals surface area (Å²) in [4.78, 5) is 14.0. The van der Waals surface area contributed by atoms with E-state index in [9.17, 15) is 9.18 Å². The van der Waals surface area contributed by atoms with Gasteiger partial charge in [-0.2, -0.15) is 0 Å². The van der Waals surface area contributed by atoms with Crippen molar-refractivity contribution in [2.45, 2.75) is 52.9 Å². The van der Waals surface area contributed by atoms with Crippen molar-refractivity contribution >= 4 is 11.6 Å². The fraction of sp³-hybridized carbons (Fsp3) is 0.562. The Morgan fingerprint density at radius 2 is 1.95 bits per heavy atom. The molecular formula is C16H24FNO. The normalized spacial score (nSPS) is 10.5. The maximum Gasteiger partial charge on any atom is 0.226 e. The van der Waals surface area contributed by atoms with Crippen LogP contribution in [0.15, 0.2) is 18.2 Å². The SMILES string of the molecule is CCCCN(C(=O)CCC)c1ccc(F)c(CC)c1. The Morgan fingerprint density at radius 3 is 2.53 bits per heavy atom. The van der Waals surface area contributed by atoms with Crippen molar-refractivity contribution in [3.05, 3.63) is 29.6 Å². The number of carbonyl (C=O) groups is 1. The lowest BCUT2D eigenvalue weighted by molar-refractivity contribution is -0.118. The maximum atomic E-state index is 13.5. The van der Waals surface area contributed by atoms with Crippen LogP contribution in [-0.2, 0) is 11.2 Å². The van der Waals surface area contributed by atoms with Gasteiger partial charge in [0.15, 0.2) is 0 Å². The number of amides is 1. The van der Waals surface area contributed by atoms with Crippen molar-refractivity contribution in [3.63, 3.8) is 0 Å². The molecule has 0 unspecified atom stereocenters. The molecule has 1 amide bonds. The lowest BCUT2D eigenvalue weighted by atomic mass is 10.1. The van der Waals surface area contributed by atoms with E-state index in [1.807, 2.05) is 13.8 Å². The van der Waals surface area contributed by atoms with Gasteiger partial charge in [0.25, 0.3) is 0 Å². The van der Waals surface area contributed by atoms with E-state index in [1.165, 1.54) is 6.07 Å². The van der Waals surface area contributed by atoms with Crippen molar-refractivity contribution in [1.82, 2.24) is 0 Å². The predicted octanol–water partition coefficient (Wildman–Crippen LogP) is 4.32. The number of anilines is 1. The van der Waals surface area contributed by atoms with Gasteiger partial charge >= 0.3 is 0 Å². The molecular weight excluding hydrogens is 241 g/mol. The van der Waals surface area contributed by atoms with E-state index in [0.717, 1.165) is 24.9 Å². The summed E-state index contributed by atoms with van der Waals surface area (Å²) in [7, 11) is 0. The molecule has 0 atom stereocenters. The van der Waals surface area contributed by atoms with E-state index in [0.29, 0.717) is 24.9 Å². The summed E-state index contributed by atoms with van der Waals surface area (Å²) >= 11 is 0. The number of benzene rings is 1. The molecule has 106 valence electrons. The molecule has 1 rings (SSSR count). The number of halogens is 1. The third kappa shape index (κ3) is 4.34. The van der Waals surface area contributed by atoms with Crippen LogP contribution >= 0.6 is 0 Å². The highest BCUT2D eigenvalue weighted by Gasteiger charge is 2.15. The van der Waals surface area contributed by atoms with Crippen molar-refractivity contribution in [2.24, 2.45) is 0 Å². The van der Waals surface area contributed by atoms with Gasteiger partial charge in [0.1, 0.15) is 5.82 Å². The molecule has 0 aliphatic rings. The average molecular weight is 265 g/mol. The summed E-state index contributed by atoms with van der Waals surface area (Å²) in [5, 5.41) is 0. The minimum absolute atomic E-state index is 0.129. The van der Waals surface area contributed by atoms with E-state index < -0.39 is 0 Å². The average Bonchev–Trinajstić information content (AvgIpc) is 2.41. The Kier molecular flexibility index (Phi) is 6.54. The van der Waals surface area contributed by atoms with E-state index in [-0.39, 0.29) is 11.7 Å². The van der Waals surface area contributed by atoms with E-state index in [2.05, 4.69) is 6.92 Å². The second-order valence-corrected chi connectivity index (χ2v) is 4.78. The minimum atomic E-state index is -0.190. The first-order valence-corrected chi connectivity index (χ1v) is 7.22. The molecule has 0 saturated heterocycles. The predicted molar refractivity (Wildman–Crippen MR) is 77.9 cm³/mol. The maximum absolute atomic E-state index is 13.5. The monoisotopic (exact) mass is 265 g/mol. The van der Waals surface area contributed by atoms with Crippen LogP contribution in [0.4, 0.5) is 10.1 Å². The highest BCUT2D eigenvalue weighted by Crippen LogP contribution is 2.21. The molecule has 1 aromatic rings. The van der Waals surface area contributed by atoms with Gasteiger partial charge in [-0.3, -0.25) is 4.79 Å². The van der Waals surface area contributed by atoms with Gasteiger partial charge < -0.3 is 4.90 Å². The molecule has 0 aliphatic carbocycles. The Morgan fingerprint density at radius 1 is 1.21 bits per heavy atom. The van der Waals surface area contributed by atoms with Gasteiger partial charge in [-0.15, -0.1) is 0 Å². The van der Waals surface area contributed by atoms with Gasteiger partial charge in [0.2, 0.25) is 5.91 Å². The zero-order valence-corrected chi connectivity index (χ0v) is 12.2. The Bertz CT molecular complexity index is 417. The van der Waals surface area contributed by atoms with Gasteiger partial charge in [0, 0.05) is 18.7 Å². The van der Waals surface area contributed by atoms with E-state index in [1.54, 1.807) is 17.0 Å². The fourth-order valence-corrected chi connectivity index (χ4v) is 2.06. The van der Waals surface area contributed by atoms with Crippen molar-refractivity contribution in [2.75, 3.05) is 11.4 Å². The number of hydrogen-bond acceptors (Lipinski definition) is 1. The molecule has 0 aromatic heterocycles. The third-order valence-corrected chi connectivity index (χ3v) is 3.22. The molecule has 0 spiro atoms. The highest BCUT2D eigenvalue weighted by atomic mass is 19.1. The zero-order chi connectivity index (χ0) is 14.3. The van der Waals surface area contributed by atoms with Crippen LogP contribution in [0.5, 0.6) is 0 Å². The van der Waals surface area contributed by atoms with Crippen molar-refractivity contribution in [3.8, 4) is 0 Å². The van der Waals surface area contributed by atoms with E-state index >= 15 is 0 Å². The molecule has 0 fully saturated rings. The van der Waals surface area contributed by atoms with Gasteiger partial charge in [-0.25, -0.2) is 4.39 Å². The summed E-state index contributed by atoms with van der Waals surface area (Å²) in [6.07, 6.45) is 4.03. The lowest BCUT2D eigenvalue weighted by Crippen LogP contribution is -2.31. The standard InChI is InChI=1S/C16H24FNO/c1-4-7-11-18(16(19)8-5-2)14-9-10-15(17)13(6-3)12-14/h9-10,12H,4-8,11H2,1-3H3. The summed E-state index contributed by atoms with van der Waals surface area (Å²) in [6, 6.07) is 4.97. The summed E-state index contributed by atoms with van der Waals surface area (Å²) in [5.41, 5.74) is 1.49. The van der Waals surface area contributed by atoms with Crippen molar-refractivity contribution < 1.29 is 9.18 Å². The molecule has 1 aromatic carbocycles. The molecule has 0 N–H and O–H groups in total. The number of nitrogens with zero attached hydrogens (tertiary/aromatic N) is 1. The first-order chi connectivity index (χ1) is 9.13. The molecule has 0 radical (unpaired) electrons. The summed E-state index contributed by atoms with van der Waals surface area (Å²) in [6.45, 7) is 6.74. The first kappa shape index (κ1) is 15.7. The Balaban J connectivity index is 2.98. The van der Waals surface area contributed by atoms with Crippen LogP contribution < -0.4 is 4.90 Å². The van der Waals surface area contributed by atoms with Crippen molar-refractivity contribution in [1.29, 1.82) is 0 Å². The Hall–Kier alpha value is -1.38. The summed E-state index contributed by atoms with van der Waals surface area (Å²) in [5.74, 6) is -0.0609. The van der Waals surface area contributed by atoms with Crippen LogP contribution in [0.2, 0.25) is 0 Å². The molecule has 2 nitrogen and oxygen atoms in total.